The molecule has 1 saturated heterocycles. The number of likely N-dealkylation sites (tertiary alicyclic amines) is 1. The molecular weight excluding hydrogens is 512 g/mol. The normalized spacial score (nSPS) is 16.7. The van der Waals surface area contributed by atoms with Gasteiger partial charge in [0.15, 0.2) is 0 Å². The summed E-state index contributed by atoms with van der Waals surface area (Å²) >= 11 is 0. The predicted molar refractivity (Wildman–Crippen MR) is 147 cm³/mol. The Hall–Kier alpha value is -4.89. The molecule has 1 fully saturated rings. The molecule has 2 atom stereocenters. The number of methoxy groups -OCH3 is 2. The number of rotatable bonds is 7. The molecule has 0 unspecified atom stereocenters. The molecule has 2 N–H and O–H groups in total. The zero-order valence-electron chi connectivity index (χ0n) is 22.8. The molecule has 40 heavy (non-hydrogen) atoms. The third kappa shape index (κ3) is 5.19. The average Bonchev–Trinajstić information content (AvgIpc) is 3.68. The Kier molecular flexibility index (Phi) is 7.39. The Labute approximate surface area is 231 Å². The molecule has 1 aromatic carbocycles. The summed E-state index contributed by atoms with van der Waals surface area (Å²) in [5.74, 6) is 8.61. The van der Waals surface area contributed by atoms with Gasteiger partial charge in [0.2, 0.25) is 17.7 Å². The number of hydrogen-bond acceptors (Lipinski definition) is 10. The van der Waals surface area contributed by atoms with Gasteiger partial charge < -0.3 is 34.0 Å². The third-order valence-electron chi connectivity index (χ3n) is 6.68. The number of aromatic nitrogens is 5. The highest BCUT2D eigenvalue weighted by molar-refractivity contribution is 5.92. The van der Waals surface area contributed by atoms with Crippen LogP contribution in [0, 0.1) is 11.8 Å². The lowest BCUT2D eigenvalue weighted by Gasteiger charge is -2.20. The van der Waals surface area contributed by atoms with E-state index in [0.29, 0.717) is 70.8 Å². The molecule has 4 heterocycles. The Morgan fingerprint density at radius 1 is 1.20 bits per heavy atom. The molecule has 0 radical (unpaired) electrons. The number of nitrogen functional groups attached to an aromatic ring is 1. The van der Waals surface area contributed by atoms with Crippen LogP contribution in [0.3, 0.4) is 0 Å². The number of ether oxygens (including phenoxy) is 2. The molecule has 1 aliphatic heterocycles. The number of anilines is 1. The minimum absolute atomic E-state index is 0.164. The molecule has 1 amide bonds. The van der Waals surface area contributed by atoms with E-state index in [1.54, 1.807) is 25.2 Å². The first-order valence-electron chi connectivity index (χ1n) is 12.6. The van der Waals surface area contributed by atoms with Crippen molar-refractivity contribution in [3.8, 4) is 23.3 Å². The van der Waals surface area contributed by atoms with Crippen LogP contribution in [0.5, 0.6) is 11.5 Å². The summed E-state index contributed by atoms with van der Waals surface area (Å²) < 4.78 is 18.7. The summed E-state index contributed by atoms with van der Waals surface area (Å²) in [7, 11) is 7.01. The molecule has 0 bridgehead atoms. The number of fused-ring (bicyclic) bond motifs is 1. The van der Waals surface area contributed by atoms with Crippen molar-refractivity contribution in [2.24, 2.45) is 0 Å². The fraction of sp³-hybridized carbons (Fsp3) is 0.321. The second kappa shape index (κ2) is 11.1. The first kappa shape index (κ1) is 26.7. The van der Waals surface area contributed by atoms with E-state index in [2.05, 4.69) is 38.6 Å². The van der Waals surface area contributed by atoms with Gasteiger partial charge >= 0.3 is 0 Å². The van der Waals surface area contributed by atoms with Crippen molar-refractivity contribution in [1.29, 1.82) is 0 Å². The Bertz CT molecular complexity index is 1610. The summed E-state index contributed by atoms with van der Waals surface area (Å²) in [4.78, 5) is 25.2. The van der Waals surface area contributed by atoms with Gasteiger partial charge in [0, 0.05) is 24.4 Å². The smallest absolute Gasteiger partial charge is 0.246 e. The van der Waals surface area contributed by atoms with Crippen molar-refractivity contribution in [2.75, 3.05) is 40.6 Å². The largest absolute Gasteiger partial charge is 0.497 e. The second-order valence-electron chi connectivity index (χ2n) is 9.63. The number of carbonyl (C=O) groups excluding carboxylic acids is 1. The minimum atomic E-state index is -0.422. The summed E-state index contributed by atoms with van der Waals surface area (Å²) in [6.45, 7) is 4.56. The highest BCUT2D eigenvalue weighted by atomic mass is 16.5. The third-order valence-corrected chi connectivity index (χ3v) is 6.68. The lowest BCUT2D eigenvalue weighted by molar-refractivity contribution is -0.127. The zero-order valence-corrected chi connectivity index (χ0v) is 22.8. The molecule has 0 spiro atoms. The minimum Gasteiger partial charge on any atom is -0.497 e. The van der Waals surface area contributed by atoms with Crippen molar-refractivity contribution in [1.82, 2.24) is 34.5 Å². The quantitative estimate of drug-likeness (QED) is 0.274. The van der Waals surface area contributed by atoms with Crippen LogP contribution in [0.25, 0.3) is 11.0 Å². The van der Waals surface area contributed by atoms with E-state index in [-0.39, 0.29) is 11.9 Å². The molecule has 0 aliphatic carbocycles. The topological polar surface area (TPSA) is 138 Å². The van der Waals surface area contributed by atoms with Crippen LogP contribution in [0.15, 0.2) is 47.8 Å². The van der Waals surface area contributed by atoms with E-state index in [9.17, 15) is 4.79 Å². The van der Waals surface area contributed by atoms with Crippen LogP contribution in [-0.2, 0) is 11.3 Å². The number of benzene rings is 1. The molecule has 4 aromatic rings. The maximum Gasteiger partial charge on any atom is 0.246 e. The van der Waals surface area contributed by atoms with Crippen LogP contribution < -0.4 is 15.2 Å². The van der Waals surface area contributed by atoms with Gasteiger partial charge in [-0.15, -0.1) is 10.2 Å². The van der Waals surface area contributed by atoms with Crippen LogP contribution in [0.1, 0.15) is 41.4 Å². The van der Waals surface area contributed by atoms with E-state index >= 15 is 0 Å². The van der Waals surface area contributed by atoms with E-state index in [1.165, 1.54) is 12.4 Å². The summed E-state index contributed by atoms with van der Waals surface area (Å²) in [5.41, 5.74) is 8.29. The lowest BCUT2D eigenvalue weighted by atomic mass is 10.1. The van der Waals surface area contributed by atoms with Crippen LogP contribution >= 0.6 is 0 Å². The number of amides is 1. The van der Waals surface area contributed by atoms with Gasteiger partial charge in [-0.05, 0) is 38.7 Å². The van der Waals surface area contributed by atoms with E-state index in [0.717, 1.165) is 0 Å². The highest BCUT2D eigenvalue weighted by Gasteiger charge is 2.40. The highest BCUT2D eigenvalue weighted by Crippen LogP contribution is 2.40. The predicted octanol–water partition coefficient (Wildman–Crippen LogP) is 2.58. The Balaban J connectivity index is 1.53. The van der Waals surface area contributed by atoms with Crippen molar-refractivity contribution in [2.45, 2.75) is 25.0 Å². The standard InChI is InChI=1S/C28H30N8O4/c1-6-24(37)36-14-19(11-22(36)28-33-32-23(40-28)15-34(2)3)35-13-18(25-26(29)30-16-31-27(25)35)8-7-17-9-20(38-4)12-21(10-17)39-5/h6,9-10,12-13,16,19,22H,1,11,14-15H2,2-5H3,(H2,29,30,31)/t19-,22-/m0/s1. The summed E-state index contributed by atoms with van der Waals surface area (Å²) in [6.07, 6.45) is 5.13. The van der Waals surface area contributed by atoms with Crippen LogP contribution in [-0.4, -0.2) is 75.3 Å². The maximum atomic E-state index is 12.9. The van der Waals surface area contributed by atoms with Crippen molar-refractivity contribution < 1.29 is 18.7 Å². The molecule has 12 heteroatoms. The van der Waals surface area contributed by atoms with Gasteiger partial charge in [0.25, 0.3) is 0 Å². The van der Waals surface area contributed by atoms with Crippen molar-refractivity contribution >= 4 is 22.8 Å². The second-order valence-corrected chi connectivity index (χ2v) is 9.63. The number of hydrogen-bond donors (Lipinski definition) is 1. The fourth-order valence-electron chi connectivity index (χ4n) is 4.85. The molecular formula is C28H30N8O4. The molecule has 206 valence electrons. The number of nitrogens with two attached hydrogens (primary N) is 1. The van der Waals surface area contributed by atoms with E-state index in [4.69, 9.17) is 19.6 Å². The number of nitrogens with zero attached hydrogens (tertiary/aromatic N) is 7. The van der Waals surface area contributed by atoms with E-state index < -0.39 is 6.04 Å². The molecule has 5 rings (SSSR count). The SMILES string of the molecule is C=CC(=O)N1C[C@@H](n2cc(C#Cc3cc(OC)cc(OC)c3)c3c(N)ncnc32)C[C@H]1c1nnc(CN(C)C)o1. The van der Waals surface area contributed by atoms with Crippen LogP contribution in [0.2, 0.25) is 0 Å². The van der Waals surface area contributed by atoms with Gasteiger partial charge in [0.05, 0.1) is 37.8 Å². The molecule has 3 aromatic heterocycles. The number of carbonyl (C=O) groups is 1. The van der Waals surface area contributed by atoms with Crippen molar-refractivity contribution in [3.63, 3.8) is 0 Å². The van der Waals surface area contributed by atoms with Gasteiger partial charge in [-0.2, -0.15) is 0 Å². The first-order valence-corrected chi connectivity index (χ1v) is 12.6. The average molecular weight is 543 g/mol. The first-order chi connectivity index (χ1) is 19.3. The molecule has 12 nitrogen and oxygen atoms in total. The van der Waals surface area contributed by atoms with Gasteiger partial charge in [-0.1, -0.05) is 18.4 Å². The summed E-state index contributed by atoms with van der Waals surface area (Å²) in [5, 5.41) is 9.05. The van der Waals surface area contributed by atoms with Gasteiger partial charge in [0.1, 0.15) is 35.3 Å². The Morgan fingerprint density at radius 2 is 1.95 bits per heavy atom. The van der Waals surface area contributed by atoms with E-state index in [1.807, 2.05) is 41.9 Å². The summed E-state index contributed by atoms with van der Waals surface area (Å²) in [6, 6.07) is 4.84. The van der Waals surface area contributed by atoms with Gasteiger partial charge in [-0.3, -0.25) is 4.79 Å². The van der Waals surface area contributed by atoms with Gasteiger partial charge in [-0.25, -0.2) is 9.97 Å². The maximum absolute atomic E-state index is 12.9. The monoisotopic (exact) mass is 542 g/mol. The zero-order chi connectivity index (χ0) is 28.4. The Morgan fingerprint density at radius 3 is 2.62 bits per heavy atom. The fourth-order valence-corrected chi connectivity index (χ4v) is 4.85. The van der Waals surface area contributed by atoms with Crippen LogP contribution in [0.4, 0.5) is 5.82 Å². The van der Waals surface area contributed by atoms with Crippen molar-refractivity contribution in [3.05, 3.63) is 66.3 Å². The lowest BCUT2D eigenvalue weighted by Crippen LogP contribution is -2.30. The molecule has 0 saturated carbocycles. The molecule has 1 aliphatic rings.